The van der Waals surface area contributed by atoms with Crippen molar-refractivity contribution in [2.45, 2.75) is 18.9 Å². The van der Waals surface area contributed by atoms with Crippen molar-refractivity contribution in [3.8, 4) is 11.8 Å². The second kappa shape index (κ2) is 5.18. The topological polar surface area (TPSA) is 76.5 Å². The van der Waals surface area contributed by atoms with E-state index in [0.717, 1.165) is 12.8 Å². The van der Waals surface area contributed by atoms with Crippen LogP contribution in [0.5, 0.6) is 11.8 Å². The summed E-state index contributed by atoms with van der Waals surface area (Å²) in [5, 5.41) is 12.7. The molecule has 0 bridgehead atoms. The number of aromatic nitrogens is 2. The van der Waals surface area contributed by atoms with E-state index < -0.39 is 0 Å². The van der Waals surface area contributed by atoms with Crippen LogP contribution >= 0.6 is 0 Å². The molecule has 6 heteroatoms. The molecule has 1 unspecified atom stereocenters. The Hall–Kier alpha value is -1.56. The van der Waals surface area contributed by atoms with Gasteiger partial charge in [0, 0.05) is 6.54 Å². The Morgan fingerprint density at radius 3 is 2.41 bits per heavy atom. The summed E-state index contributed by atoms with van der Waals surface area (Å²) in [7, 11) is 3.06. The first-order valence-electron chi connectivity index (χ1n) is 5.62. The van der Waals surface area contributed by atoms with E-state index in [4.69, 9.17) is 9.47 Å². The molecule has 2 N–H and O–H groups in total. The minimum Gasteiger partial charge on any atom is -0.481 e. The van der Waals surface area contributed by atoms with Crippen LogP contribution in [0.2, 0.25) is 0 Å². The molecule has 1 fully saturated rings. The van der Waals surface area contributed by atoms with Crippen LogP contribution in [0.15, 0.2) is 6.07 Å². The number of hydrogen-bond acceptors (Lipinski definition) is 6. The molecule has 0 amide bonds. The predicted octanol–water partition coefficient (Wildman–Crippen LogP) is 0.677. The zero-order chi connectivity index (χ0) is 12.3. The SMILES string of the molecule is COc1cc(OC)nc(NCC(O)C2CC2)n1. The van der Waals surface area contributed by atoms with Gasteiger partial charge >= 0.3 is 0 Å². The van der Waals surface area contributed by atoms with Gasteiger partial charge in [0.2, 0.25) is 17.7 Å². The van der Waals surface area contributed by atoms with Gasteiger partial charge in [0.1, 0.15) is 0 Å². The van der Waals surface area contributed by atoms with E-state index in [0.29, 0.717) is 30.2 Å². The number of nitrogens with zero attached hydrogens (tertiary/aromatic N) is 2. The van der Waals surface area contributed by atoms with E-state index in [1.165, 1.54) is 14.2 Å². The number of aliphatic hydroxyl groups excluding tert-OH is 1. The third-order valence-electron chi connectivity index (χ3n) is 2.73. The van der Waals surface area contributed by atoms with Crippen molar-refractivity contribution in [2.24, 2.45) is 5.92 Å². The van der Waals surface area contributed by atoms with Crippen molar-refractivity contribution in [3.05, 3.63) is 6.07 Å². The molecule has 0 radical (unpaired) electrons. The van der Waals surface area contributed by atoms with E-state index in [1.54, 1.807) is 6.07 Å². The van der Waals surface area contributed by atoms with Crippen LogP contribution < -0.4 is 14.8 Å². The molecule has 1 aliphatic carbocycles. The Labute approximate surface area is 100.0 Å². The van der Waals surface area contributed by atoms with Gasteiger partial charge in [-0.25, -0.2) is 0 Å². The Kier molecular flexibility index (Phi) is 3.63. The Morgan fingerprint density at radius 2 is 1.94 bits per heavy atom. The van der Waals surface area contributed by atoms with Gasteiger partial charge in [-0.3, -0.25) is 0 Å². The molecule has 0 aliphatic heterocycles. The van der Waals surface area contributed by atoms with Crippen molar-refractivity contribution in [3.63, 3.8) is 0 Å². The maximum Gasteiger partial charge on any atom is 0.229 e. The minimum atomic E-state index is -0.337. The summed E-state index contributed by atoms with van der Waals surface area (Å²) in [5.74, 6) is 1.69. The van der Waals surface area contributed by atoms with Gasteiger partial charge in [0.25, 0.3) is 0 Å². The Bertz CT molecular complexity index is 360. The van der Waals surface area contributed by atoms with Crippen molar-refractivity contribution in [1.82, 2.24) is 9.97 Å². The first-order valence-corrected chi connectivity index (χ1v) is 5.62. The Morgan fingerprint density at radius 1 is 1.35 bits per heavy atom. The van der Waals surface area contributed by atoms with Crippen molar-refractivity contribution in [1.29, 1.82) is 0 Å². The highest BCUT2D eigenvalue weighted by molar-refractivity contribution is 5.33. The lowest BCUT2D eigenvalue weighted by atomic mass is 10.2. The van der Waals surface area contributed by atoms with Crippen LogP contribution in [-0.4, -0.2) is 41.9 Å². The lowest BCUT2D eigenvalue weighted by Gasteiger charge is -2.11. The summed E-state index contributed by atoms with van der Waals surface area (Å²) < 4.78 is 10.1. The largest absolute Gasteiger partial charge is 0.481 e. The van der Waals surface area contributed by atoms with E-state index in [2.05, 4.69) is 15.3 Å². The van der Waals surface area contributed by atoms with E-state index >= 15 is 0 Å². The Balaban J connectivity index is 1.98. The molecule has 1 atom stereocenters. The molecular formula is C11H17N3O3. The number of methoxy groups -OCH3 is 2. The van der Waals surface area contributed by atoms with Crippen molar-refractivity contribution < 1.29 is 14.6 Å². The van der Waals surface area contributed by atoms with E-state index in [1.807, 2.05) is 0 Å². The fraction of sp³-hybridized carbons (Fsp3) is 0.636. The molecule has 94 valence electrons. The smallest absolute Gasteiger partial charge is 0.229 e. The second-order valence-corrected chi connectivity index (χ2v) is 4.06. The molecule has 1 aromatic heterocycles. The summed E-state index contributed by atoms with van der Waals surface area (Å²) in [6.45, 7) is 0.445. The molecule has 1 aliphatic rings. The van der Waals surface area contributed by atoms with Crippen LogP contribution in [0.4, 0.5) is 5.95 Å². The highest BCUT2D eigenvalue weighted by Crippen LogP contribution is 2.32. The molecule has 1 saturated carbocycles. The van der Waals surface area contributed by atoms with Crippen LogP contribution in [-0.2, 0) is 0 Å². The van der Waals surface area contributed by atoms with Gasteiger partial charge in [0.05, 0.1) is 26.4 Å². The summed E-state index contributed by atoms with van der Waals surface area (Å²) in [6, 6.07) is 1.60. The normalized spacial score (nSPS) is 16.4. The standard InChI is InChI=1S/C11H17N3O3/c1-16-9-5-10(17-2)14-11(13-9)12-6-8(15)7-3-4-7/h5,7-8,15H,3-4,6H2,1-2H3,(H,12,13,14). The van der Waals surface area contributed by atoms with Gasteiger partial charge in [0.15, 0.2) is 0 Å². The first kappa shape index (κ1) is 11.9. The molecule has 0 spiro atoms. The highest BCUT2D eigenvalue weighted by atomic mass is 16.5. The number of hydrogen-bond donors (Lipinski definition) is 2. The van der Waals surface area contributed by atoms with Crippen LogP contribution in [0, 0.1) is 5.92 Å². The first-order chi connectivity index (χ1) is 8.22. The van der Waals surface area contributed by atoms with Crippen molar-refractivity contribution in [2.75, 3.05) is 26.1 Å². The predicted molar refractivity (Wildman–Crippen MR) is 62.4 cm³/mol. The minimum absolute atomic E-state index is 0.337. The van der Waals surface area contributed by atoms with Gasteiger partial charge in [-0.15, -0.1) is 0 Å². The zero-order valence-electron chi connectivity index (χ0n) is 10.0. The van der Waals surface area contributed by atoms with Crippen LogP contribution in [0.1, 0.15) is 12.8 Å². The molecule has 6 nitrogen and oxygen atoms in total. The summed E-state index contributed by atoms with van der Waals surface area (Å²) in [4.78, 5) is 8.23. The maximum atomic E-state index is 9.72. The molecule has 2 rings (SSSR count). The quantitative estimate of drug-likeness (QED) is 0.760. The molecular weight excluding hydrogens is 222 g/mol. The average Bonchev–Trinajstić information content (AvgIpc) is 3.19. The lowest BCUT2D eigenvalue weighted by molar-refractivity contribution is 0.164. The summed E-state index contributed by atoms with van der Waals surface area (Å²) in [5.41, 5.74) is 0. The maximum absolute atomic E-state index is 9.72. The number of anilines is 1. The molecule has 0 saturated heterocycles. The summed E-state index contributed by atoms with van der Waals surface area (Å²) in [6.07, 6.45) is 1.87. The van der Waals surface area contributed by atoms with Crippen LogP contribution in [0.25, 0.3) is 0 Å². The fourth-order valence-electron chi connectivity index (χ4n) is 1.54. The van der Waals surface area contributed by atoms with Gasteiger partial charge in [-0.05, 0) is 18.8 Å². The number of nitrogens with one attached hydrogen (secondary N) is 1. The van der Waals surface area contributed by atoms with Gasteiger partial charge in [-0.2, -0.15) is 9.97 Å². The number of rotatable bonds is 6. The van der Waals surface area contributed by atoms with Gasteiger partial charge < -0.3 is 19.9 Å². The number of aliphatic hydroxyl groups is 1. The van der Waals surface area contributed by atoms with Crippen molar-refractivity contribution >= 4 is 5.95 Å². The summed E-state index contributed by atoms with van der Waals surface area (Å²) >= 11 is 0. The zero-order valence-corrected chi connectivity index (χ0v) is 10.0. The van der Waals surface area contributed by atoms with Crippen LogP contribution in [0.3, 0.4) is 0 Å². The number of ether oxygens (including phenoxy) is 2. The van der Waals surface area contributed by atoms with Gasteiger partial charge in [-0.1, -0.05) is 0 Å². The molecule has 0 aromatic carbocycles. The average molecular weight is 239 g/mol. The highest BCUT2D eigenvalue weighted by Gasteiger charge is 2.29. The molecule has 17 heavy (non-hydrogen) atoms. The fourth-order valence-corrected chi connectivity index (χ4v) is 1.54. The third-order valence-corrected chi connectivity index (χ3v) is 2.73. The second-order valence-electron chi connectivity index (χ2n) is 4.06. The monoisotopic (exact) mass is 239 g/mol. The van der Waals surface area contributed by atoms with E-state index in [9.17, 15) is 5.11 Å². The molecule has 1 aromatic rings. The van der Waals surface area contributed by atoms with E-state index in [-0.39, 0.29) is 6.10 Å². The molecule has 1 heterocycles. The lowest BCUT2D eigenvalue weighted by Crippen LogP contribution is -2.22. The third kappa shape index (κ3) is 3.20.